The second kappa shape index (κ2) is 10.7. The van der Waals surface area contributed by atoms with Gasteiger partial charge in [0, 0.05) is 44.1 Å². The predicted octanol–water partition coefficient (Wildman–Crippen LogP) is 2.70. The Hall–Kier alpha value is -3.72. The maximum Gasteiger partial charge on any atom is 0.338 e. The number of anilines is 1. The van der Waals surface area contributed by atoms with Gasteiger partial charge in [-0.3, -0.25) is 4.90 Å². The van der Waals surface area contributed by atoms with Crippen molar-refractivity contribution in [1.82, 2.24) is 15.5 Å². The zero-order valence-electron chi connectivity index (χ0n) is 20.3. The van der Waals surface area contributed by atoms with Gasteiger partial charge >= 0.3 is 12.0 Å². The third-order valence-corrected chi connectivity index (χ3v) is 6.39. The Morgan fingerprint density at radius 2 is 1.89 bits per heavy atom. The van der Waals surface area contributed by atoms with Crippen LogP contribution in [0.1, 0.15) is 24.1 Å². The molecule has 4 rings (SSSR count). The number of methoxy groups -OCH3 is 1. The number of phenolic OH excluding ortho intramolecular Hbond substituents is 1. The zero-order chi connectivity index (χ0) is 24.9. The van der Waals surface area contributed by atoms with Crippen molar-refractivity contribution in [3.63, 3.8) is 0 Å². The van der Waals surface area contributed by atoms with Crippen LogP contribution in [0.2, 0.25) is 0 Å². The number of nitrogens with one attached hydrogen (secondary N) is 2. The highest BCUT2D eigenvalue weighted by Gasteiger charge is 2.35. The van der Waals surface area contributed by atoms with Crippen LogP contribution in [0.15, 0.2) is 53.7 Å². The van der Waals surface area contributed by atoms with E-state index in [1.165, 1.54) is 24.4 Å². The van der Waals surface area contributed by atoms with Gasteiger partial charge in [-0.15, -0.1) is 0 Å². The molecule has 2 aliphatic rings. The lowest BCUT2D eigenvalue weighted by Gasteiger charge is -2.38. The number of carbonyl (C=O) groups excluding carboxylic acids is 2. The first-order chi connectivity index (χ1) is 16.9. The Bertz CT molecular complexity index is 1120. The number of rotatable bonds is 7. The number of aromatic hydroxyl groups is 1. The molecule has 1 fully saturated rings. The number of ether oxygens (including phenoxy) is 2. The number of para-hydroxylation sites is 1. The largest absolute Gasteiger partial charge is 0.504 e. The molecule has 3 N–H and O–H groups in total. The molecule has 0 saturated carbocycles. The first-order valence-electron chi connectivity index (χ1n) is 11.8. The summed E-state index contributed by atoms with van der Waals surface area (Å²) in [6.07, 6.45) is 0. The summed E-state index contributed by atoms with van der Waals surface area (Å²) in [5.41, 5.74) is 3.94. The molecule has 186 valence electrons. The van der Waals surface area contributed by atoms with E-state index in [2.05, 4.69) is 39.5 Å². The number of esters is 1. The average Bonchev–Trinajstić information content (AvgIpc) is 2.85. The second-order valence-corrected chi connectivity index (χ2v) is 8.63. The van der Waals surface area contributed by atoms with Crippen LogP contribution in [-0.4, -0.2) is 68.4 Å². The van der Waals surface area contributed by atoms with E-state index in [4.69, 9.17) is 9.47 Å². The molecule has 0 aliphatic carbocycles. The van der Waals surface area contributed by atoms with Gasteiger partial charge in [-0.2, -0.15) is 0 Å². The lowest BCUT2D eigenvalue weighted by Crippen LogP contribution is -2.51. The van der Waals surface area contributed by atoms with Gasteiger partial charge in [0.15, 0.2) is 11.5 Å². The summed E-state index contributed by atoms with van der Waals surface area (Å²) in [5, 5.41) is 15.7. The van der Waals surface area contributed by atoms with Crippen molar-refractivity contribution >= 4 is 17.7 Å². The first kappa shape index (κ1) is 24.4. The minimum atomic E-state index is -0.737. The Kier molecular flexibility index (Phi) is 7.45. The number of hydrogen-bond acceptors (Lipinski definition) is 7. The molecule has 9 nitrogen and oxygen atoms in total. The molecule has 2 heterocycles. The van der Waals surface area contributed by atoms with E-state index in [1.807, 2.05) is 19.1 Å². The monoisotopic (exact) mass is 480 g/mol. The summed E-state index contributed by atoms with van der Waals surface area (Å²) in [5.74, 6) is -0.246. The minimum Gasteiger partial charge on any atom is -0.504 e. The number of piperazine rings is 1. The molecule has 0 radical (unpaired) electrons. The van der Waals surface area contributed by atoms with Crippen molar-refractivity contribution in [2.75, 3.05) is 51.3 Å². The van der Waals surface area contributed by atoms with Gasteiger partial charge < -0.3 is 30.1 Å². The summed E-state index contributed by atoms with van der Waals surface area (Å²) in [7, 11) is 1.32. The highest BCUT2D eigenvalue weighted by molar-refractivity contribution is 5.95. The first-order valence-corrected chi connectivity index (χ1v) is 11.8. The van der Waals surface area contributed by atoms with Crippen LogP contribution < -0.4 is 20.3 Å². The number of nitrogens with zero attached hydrogens (tertiary/aromatic N) is 2. The Balaban J connectivity index is 1.58. The molecule has 0 bridgehead atoms. The smallest absolute Gasteiger partial charge is 0.338 e. The van der Waals surface area contributed by atoms with Gasteiger partial charge in [0.25, 0.3) is 0 Å². The second-order valence-electron chi connectivity index (χ2n) is 8.63. The fraction of sp³-hybridized carbons (Fsp3) is 0.385. The number of hydrogen-bond donors (Lipinski definition) is 3. The number of benzene rings is 2. The summed E-state index contributed by atoms with van der Waals surface area (Å²) in [4.78, 5) is 30.1. The molecule has 1 unspecified atom stereocenters. The van der Waals surface area contributed by atoms with E-state index in [0.717, 1.165) is 26.2 Å². The number of carbonyl (C=O) groups is 2. The van der Waals surface area contributed by atoms with E-state index in [9.17, 15) is 14.7 Å². The lowest BCUT2D eigenvalue weighted by molar-refractivity contribution is -0.136. The molecular formula is C26H32N4O5. The molecule has 0 spiro atoms. The van der Waals surface area contributed by atoms with Crippen LogP contribution in [0.4, 0.5) is 10.5 Å². The average molecular weight is 481 g/mol. The zero-order valence-corrected chi connectivity index (χ0v) is 20.3. The van der Waals surface area contributed by atoms with Gasteiger partial charge in [-0.25, -0.2) is 9.59 Å². The van der Waals surface area contributed by atoms with E-state index in [0.29, 0.717) is 30.0 Å². The highest BCUT2D eigenvalue weighted by atomic mass is 16.5. The highest BCUT2D eigenvalue weighted by Crippen LogP contribution is 2.34. The fourth-order valence-corrected chi connectivity index (χ4v) is 4.61. The van der Waals surface area contributed by atoms with E-state index in [-0.39, 0.29) is 11.5 Å². The topological polar surface area (TPSA) is 103 Å². The van der Waals surface area contributed by atoms with Crippen molar-refractivity contribution in [2.24, 2.45) is 0 Å². The molecule has 1 atom stereocenters. The standard InChI is InChI=1S/C26H32N4O5/c1-4-35-22-15-18(9-10-21(22)31)24-23(25(32)34-3)19(27-26(33)28-24)16-29-11-13-30(14-12-29)20-8-6-5-7-17(20)2/h5-10,15,24,31H,4,11-14,16H2,1-3H3,(H2,27,28,33). The third-order valence-electron chi connectivity index (χ3n) is 6.39. The fourth-order valence-electron chi connectivity index (χ4n) is 4.61. The summed E-state index contributed by atoms with van der Waals surface area (Å²) in [6, 6.07) is 12.0. The van der Waals surface area contributed by atoms with Gasteiger partial charge in [0.05, 0.1) is 25.3 Å². The molecule has 0 aromatic heterocycles. The van der Waals surface area contributed by atoms with Crippen molar-refractivity contribution in [3.8, 4) is 11.5 Å². The third kappa shape index (κ3) is 5.35. The molecular weight excluding hydrogens is 448 g/mol. The molecule has 2 aromatic rings. The van der Waals surface area contributed by atoms with E-state index >= 15 is 0 Å². The number of phenols is 1. The quantitative estimate of drug-likeness (QED) is 0.524. The van der Waals surface area contributed by atoms with Crippen molar-refractivity contribution in [2.45, 2.75) is 19.9 Å². The Morgan fingerprint density at radius 1 is 1.14 bits per heavy atom. The maximum absolute atomic E-state index is 12.9. The molecule has 2 amide bonds. The number of aryl methyl sites for hydroxylation is 1. The van der Waals surface area contributed by atoms with Gasteiger partial charge in [0.2, 0.25) is 0 Å². The van der Waals surface area contributed by atoms with E-state index in [1.54, 1.807) is 12.1 Å². The van der Waals surface area contributed by atoms with Crippen LogP contribution in [0.3, 0.4) is 0 Å². The van der Waals surface area contributed by atoms with Gasteiger partial charge in [0.1, 0.15) is 0 Å². The minimum absolute atomic E-state index is 0.00814. The van der Waals surface area contributed by atoms with Gasteiger partial charge in [-0.1, -0.05) is 24.3 Å². The van der Waals surface area contributed by atoms with Crippen molar-refractivity contribution < 1.29 is 24.2 Å². The van der Waals surface area contributed by atoms with Crippen LogP contribution in [0.5, 0.6) is 11.5 Å². The maximum atomic E-state index is 12.9. The molecule has 35 heavy (non-hydrogen) atoms. The van der Waals surface area contributed by atoms with Gasteiger partial charge in [-0.05, 0) is 43.2 Å². The Morgan fingerprint density at radius 3 is 2.57 bits per heavy atom. The van der Waals surface area contributed by atoms with Crippen molar-refractivity contribution in [1.29, 1.82) is 0 Å². The summed E-state index contributed by atoms with van der Waals surface area (Å²) in [6.45, 7) is 7.96. The number of amides is 2. The summed E-state index contributed by atoms with van der Waals surface area (Å²) >= 11 is 0. The molecule has 2 aliphatic heterocycles. The SMILES string of the molecule is CCOc1cc(C2NC(=O)NC(CN3CCN(c4ccccc4C)CC3)=C2C(=O)OC)ccc1O. The lowest BCUT2D eigenvalue weighted by atomic mass is 9.94. The molecule has 9 heteroatoms. The van der Waals surface area contributed by atoms with Crippen LogP contribution in [-0.2, 0) is 9.53 Å². The molecule has 2 aromatic carbocycles. The molecule has 1 saturated heterocycles. The summed E-state index contributed by atoms with van der Waals surface area (Å²) < 4.78 is 10.6. The van der Waals surface area contributed by atoms with Crippen LogP contribution in [0.25, 0.3) is 0 Å². The van der Waals surface area contributed by atoms with Crippen LogP contribution >= 0.6 is 0 Å². The predicted molar refractivity (Wildman–Crippen MR) is 133 cm³/mol. The normalized spacial score (nSPS) is 18.7. The van der Waals surface area contributed by atoms with Crippen molar-refractivity contribution in [3.05, 3.63) is 64.9 Å². The van der Waals surface area contributed by atoms with E-state index < -0.39 is 18.0 Å². The Labute approximate surface area is 205 Å². The van der Waals surface area contributed by atoms with Crippen LogP contribution in [0, 0.1) is 6.92 Å². The number of urea groups is 1.